The van der Waals surface area contributed by atoms with Gasteiger partial charge in [-0.15, -0.1) is 0 Å². The van der Waals surface area contributed by atoms with Gasteiger partial charge in [0.05, 0.1) is 5.60 Å². The Labute approximate surface area is 115 Å². The largest absolute Gasteiger partial charge is 0.388 e. The van der Waals surface area contributed by atoms with E-state index in [0.29, 0.717) is 6.54 Å². The van der Waals surface area contributed by atoms with Crippen LogP contribution in [-0.4, -0.2) is 17.3 Å². The van der Waals surface area contributed by atoms with Gasteiger partial charge in [0.1, 0.15) is 5.82 Å². The summed E-state index contributed by atoms with van der Waals surface area (Å²) in [5, 5.41) is 13.6. The summed E-state index contributed by atoms with van der Waals surface area (Å²) in [6, 6.07) is 4.66. The van der Waals surface area contributed by atoms with Gasteiger partial charge >= 0.3 is 0 Å². The first-order valence-electron chi connectivity index (χ1n) is 6.00. The highest BCUT2D eigenvalue weighted by Gasteiger charge is 2.28. The molecule has 1 aliphatic carbocycles. The van der Waals surface area contributed by atoms with Crippen molar-refractivity contribution in [3.8, 4) is 0 Å². The molecule has 1 aliphatic rings. The quantitative estimate of drug-likeness (QED) is 0.819. The molecular formula is C13H17FINO. The van der Waals surface area contributed by atoms with E-state index in [0.717, 1.165) is 34.9 Å². The predicted molar refractivity (Wildman–Crippen MR) is 75.6 cm³/mol. The van der Waals surface area contributed by atoms with Crippen LogP contribution in [0.5, 0.6) is 0 Å². The Morgan fingerprint density at radius 2 is 2.00 bits per heavy atom. The van der Waals surface area contributed by atoms with Crippen LogP contribution in [0.15, 0.2) is 18.2 Å². The Kier molecular flexibility index (Phi) is 4.25. The number of halogens is 2. The van der Waals surface area contributed by atoms with Gasteiger partial charge in [0.2, 0.25) is 0 Å². The number of aliphatic hydroxyl groups is 1. The molecule has 1 aromatic rings. The molecule has 0 aromatic heterocycles. The predicted octanol–water partition coefficient (Wildman–Crippen LogP) is 3.54. The molecule has 0 unspecified atom stereocenters. The molecule has 1 aromatic carbocycles. The van der Waals surface area contributed by atoms with Crippen LogP contribution in [0, 0.1) is 9.39 Å². The Hall–Kier alpha value is -0.360. The van der Waals surface area contributed by atoms with Crippen LogP contribution in [-0.2, 0) is 0 Å². The highest BCUT2D eigenvalue weighted by molar-refractivity contribution is 14.1. The fourth-order valence-electron chi connectivity index (χ4n) is 2.28. The SMILES string of the molecule is OC1(CNc2ccc(F)cc2I)CCCCC1. The lowest BCUT2D eigenvalue weighted by atomic mass is 9.85. The number of hydrogen-bond acceptors (Lipinski definition) is 2. The van der Waals surface area contributed by atoms with Crippen LogP contribution >= 0.6 is 22.6 Å². The molecule has 0 amide bonds. The lowest BCUT2D eigenvalue weighted by Crippen LogP contribution is -2.38. The molecule has 2 N–H and O–H groups in total. The van der Waals surface area contributed by atoms with Gasteiger partial charge < -0.3 is 10.4 Å². The summed E-state index contributed by atoms with van der Waals surface area (Å²) in [6.45, 7) is 0.550. The molecule has 0 radical (unpaired) electrons. The minimum atomic E-state index is -0.588. The van der Waals surface area contributed by atoms with Crippen molar-refractivity contribution in [1.82, 2.24) is 0 Å². The second-order valence-electron chi connectivity index (χ2n) is 4.76. The summed E-state index contributed by atoms with van der Waals surface area (Å²) in [4.78, 5) is 0. The fraction of sp³-hybridized carbons (Fsp3) is 0.538. The molecule has 0 heterocycles. The molecule has 0 aliphatic heterocycles. The molecule has 94 valence electrons. The van der Waals surface area contributed by atoms with Crippen molar-refractivity contribution in [2.75, 3.05) is 11.9 Å². The Balaban J connectivity index is 1.97. The zero-order valence-corrected chi connectivity index (χ0v) is 11.8. The third kappa shape index (κ3) is 3.55. The number of hydrogen-bond donors (Lipinski definition) is 2. The fourth-order valence-corrected chi connectivity index (χ4v) is 2.95. The summed E-state index contributed by atoms with van der Waals surface area (Å²) in [7, 11) is 0. The van der Waals surface area contributed by atoms with Crippen molar-refractivity contribution < 1.29 is 9.50 Å². The summed E-state index contributed by atoms with van der Waals surface area (Å²) < 4.78 is 13.8. The number of rotatable bonds is 3. The van der Waals surface area contributed by atoms with E-state index >= 15 is 0 Å². The molecule has 1 saturated carbocycles. The molecule has 0 atom stereocenters. The number of anilines is 1. The summed E-state index contributed by atoms with van der Waals surface area (Å²) >= 11 is 2.10. The van der Waals surface area contributed by atoms with E-state index < -0.39 is 5.60 Å². The van der Waals surface area contributed by atoms with Crippen LogP contribution in [0.1, 0.15) is 32.1 Å². The highest BCUT2D eigenvalue weighted by atomic mass is 127. The molecular weight excluding hydrogens is 332 g/mol. The van der Waals surface area contributed by atoms with E-state index in [2.05, 4.69) is 27.9 Å². The lowest BCUT2D eigenvalue weighted by Gasteiger charge is -2.32. The van der Waals surface area contributed by atoms with Gasteiger partial charge in [0.25, 0.3) is 0 Å². The zero-order chi connectivity index (χ0) is 12.3. The van der Waals surface area contributed by atoms with Crippen molar-refractivity contribution in [3.63, 3.8) is 0 Å². The maximum absolute atomic E-state index is 12.9. The van der Waals surface area contributed by atoms with Crippen LogP contribution in [0.4, 0.5) is 10.1 Å². The van der Waals surface area contributed by atoms with E-state index in [9.17, 15) is 9.50 Å². The maximum atomic E-state index is 12.9. The van der Waals surface area contributed by atoms with Crippen molar-refractivity contribution in [1.29, 1.82) is 0 Å². The van der Waals surface area contributed by atoms with Gasteiger partial charge in [-0.05, 0) is 53.6 Å². The van der Waals surface area contributed by atoms with Gasteiger partial charge in [-0.25, -0.2) is 4.39 Å². The van der Waals surface area contributed by atoms with Gasteiger partial charge in [-0.1, -0.05) is 19.3 Å². The zero-order valence-electron chi connectivity index (χ0n) is 9.68. The van der Waals surface area contributed by atoms with Gasteiger partial charge in [-0.3, -0.25) is 0 Å². The molecule has 0 saturated heterocycles. The van der Waals surface area contributed by atoms with E-state index in [-0.39, 0.29) is 5.82 Å². The first-order chi connectivity index (χ1) is 8.09. The van der Waals surface area contributed by atoms with Gasteiger partial charge in [0.15, 0.2) is 0 Å². The van der Waals surface area contributed by atoms with Crippen LogP contribution < -0.4 is 5.32 Å². The Morgan fingerprint density at radius 3 is 2.65 bits per heavy atom. The third-order valence-corrected chi connectivity index (χ3v) is 4.22. The molecule has 0 spiro atoms. The molecule has 0 bridgehead atoms. The van der Waals surface area contributed by atoms with E-state index in [1.807, 2.05) is 0 Å². The smallest absolute Gasteiger partial charge is 0.124 e. The first kappa shape index (κ1) is 13.1. The van der Waals surface area contributed by atoms with Crippen molar-refractivity contribution >= 4 is 28.3 Å². The summed E-state index contributed by atoms with van der Waals surface area (Å²) in [5.74, 6) is -0.226. The Morgan fingerprint density at radius 1 is 1.29 bits per heavy atom. The maximum Gasteiger partial charge on any atom is 0.124 e. The number of nitrogens with one attached hydrogen (secondary N) is 1. The molecule has 2 rings (SSSR count). The average Bonchev–Trinajstić information content (AvgIpc) is 2.29. The van der Waals surface area contributed by atoms with E-state index in [4.69, 9.17) is 0 Å². The molecule has 2 nitrogen and oxygen atoms in total. The standard InChI is InChI=1S/C13H17FINO/c14-10-4-5-12(11(15)8-10)16-9-13(17)6-2-1-3-7-13/h4-5,8,16-17H,1-3,6-7,9H2. The van der Waals surface area contributed by atoms with Crippen molar-refractivity contribution in [3.05, 3.63) is 27.6 Å². The normalized spacial score (nSPS) is 19.0. The van der Waals surface area contributed by atoms with Crippen LogP contribution in [0.3, 0.4) is 0 Å². The molecule has 4 heteroatoms. The minimum absolute atomic E-state index is 0.226. The highest BCUT2D eigenvalue weighted by Crippen LogP contribution is 2.29. The second-order valence-corrected chi connectivity index (χ2v) is 5.92. The van der Waals surface area contributed by atoms with Gasteiger partial charge in [-0.2, -0.15) is 0 Å². The minimum Gasteiger partial charge on any atom is -0.388 e. The molecule has 1 fully saturated rings. The first-order valence-corrected chi connectivity index (χ1v) is 7.08. The van der Waals surface area contributed by atoms with E-state index in [1.54, 1.807) is 6.07 Å². The van der Waals surface area contributed by atoms with Crippen molar-refractivity contribution in [2.45, 2.75) is 37.7 Å². The van der Waals surface area contributed by atoms with Crippen LogP contribution in [0.25, 0.3) is 0 Å². The number of benzene rings is 1. The van der Waals surface area contributed by atoms with Crippen LogP contribution in [0.2, 0.25) is 0 Å². The average molecular weight is 349 g/mol. The second kappa shape index (κ2) is 5.52. The summed E-state index contributed by atoms with van der Waals surface area (Å²) in [5.41, 5.74) is 0.307. The Bertz CT molecular complexity index is 391. The van der Waals surface area contributed by atoms with E-state index in [1.165, 1.54) is 18.6 Å². The summed E-state index contributed by atoms with van der Waals surface area (Å²) in [6.07, 6.45) is 5.13. The topological polar surface area (TPSA) is 32.3 Å². The molecule has 17 heavy (non-hydrogen) atoms. The van der Waals surface area contributed by atoms with Gasteiger partial charge in [0, 0.05) is 15.8 Å². The lowest BCUT2D eigenvalue weighted by molar-refractivity contribution is 0.0167. The van der Waals surface area contributed by atoms with Crippen molar-refractivity contribution in [2.24, 2.45) is 0 Å². The third-order valence-electron chi connectivity index (χ3n) is 3.32. The monoisotopic (exact) mass is 349 g/mol.